The van der Waals surface area contributed by atoms with Crippen molar-refractivity contribution in [3.05, 3.63) is 12.2 Å². The molecule has 3 nitrogen and oxygen atoms in total. The Morgan fingerprint density at radius 2 is 2.31 bits per heavy atom. The molecule has 0 aromatic rings. The second-order valence-electron chi connectivity index (χ2n) is 4.96. The third kappa shape index (κ3) is 2.29. The third-order valence-electron chi connectivity index (χ3n) is 3.82. The first-order valence-corrected chi connectivity index (χ1v) is 6.22. The molecule has 0 radical (unpaired) electrons. The lowest BCUT2D eigenvalue weighted by atomic mass is 9.92. The van der Waals surface area contributed by atoms with Gasteiger partial charge in [0.05, 0.1) is 12.6 Å². The van der Waals surface area contributed by atoms with Crippen molar-refractivity contribution in [1.82, 2.24) is 5.32 Å². The molecule has 0 aromatic carbocycles. The van der Waals surface area contributed by atoms with Gasteiger partial charge in [-0.2, -0.15) is 0 Å². The molecule has 2 bridgehead atoms. The van der Waals surface area contributed by atoms with Crippen LogP contribution in [-0.4, -0.2) is 25.7 Å². The van der Waals surface area contributed by atoms with Crippen LogP contribution in [-0.2, 0) is 9.53 Å². The van der Waals surface area contributed by atoms with Crippen molar-refractivity contribution < 1.29 is 9.53 Å². The topological polar surface area (TPSA) is 38.3 Å². The molecule has 1 fully saturated rings. The standard InChI is InChI=1S/C13H21NO2/c1-3-11(8-16-2)14-13(15)12-7-9-4-5-10(12)6-9/h4-5,9-12H,3,6-8H2,1-2H3,(H,14,15)/t9-,10-,11+,12-/m0/s1. The summed E-state index contributed by atoms with van der Waals surface area (Å²) in [4.78, 5) is 12.1. The van der Waals surface area contributed by atoms with E-state index in [9.17, 15) is 4.79 Å². The number of rotatable bonds is 5. The minimum absolute atomic E-state index is 0.167. The summed E-state index contributed by atoms with van der Waals surface area (Å²) in [5.74, 6) is 1.58. The molecule has 0 saturated heterocycles. The minimum Gasteiger partial charge on any atom is -0.383 e. The maximum Gasteiger partial charge on any atom is 0.224 e. The number of carbonyl (C=O) groups excluding carboxylic acids is 1. The number of methoxy groups -OCH3 is 1. The lowest BCUT2D eigenvalue weighted by molar-refractivity contribution is -0.126. The second kappa shape index (κ2) is 5.00. The second-order valence-corrected chi connectivity index (χ2v) is 4.96. The van der Waals surface area contributed by atoms with Crippen molar-refractivity contribution in [3.8, 4) is 0 Å². The number of carbonyl (C=O) groups is 1. The molecule has 0 aliphatic heterocycles. The Morgan fingerprint density at radius 1 is 1.50 bits per heavy atom. The molecule has 4 atom stereocenters. The van der Waals surface area contributed by atoms with Crippen LogP contribution in [0.3, 0.4) is 0 Å². The molecule has 0 heterocycles. The van der Waals surface area contributed by atoms with Crippen LogP contribution >= 0.6 is 0 Å². The summed E-state index contributed by atoms with van der Waals surface area (Å²) < 4.78 is 5.09. The normalized spacial score (nSPS) is 33.0. The van der Waals surface area contributed by atoms with Crippen molar-refractivity contribution in [1.29, 1.82) is 0 Å². The number of amides is 1. The van der Waals surface area contributed by atoms with E-state index in [4.69, 9.17) is 4.74 Å². The largest absolute Gasteiger partial charge is 0.383 e. The van der Waals surface area contributed by atoms with E-state index < -0.39 is 0 Å². The third-order valence-corrected chi connectivity index (χ3v) is 3.82. The van der Waals surface area contributed by atoms with Crippen molar-refractivity contribution in [3.63, 3.8) is 0 Å². The zero-order valence-corrected chi connectivity index (χ0v) is 10.1. The molecule has 2 rings (SSSR count). The van der Waals surface area contributed by atoms with Gasteiger partial charge in [-0.3, -0.25) is 4.79 Å². The van der Waals surface area contributed by atoms with Crippen LogP contribution < -0.4 is 5.32 Å². The highest BCUT2D eigenvalue weighted by Gasteiger charge is 2.39. The molecule has 2 aliphatic carbocycles. The summed E-state index contributed by atoms with van der Waals surface area (Å²) in [6.45, 7) is 2.68. The van der Waals surface area contributed by atoms with Gasteiger partial charge in [0.25, 0.3) is 0 Å². The van der Waals surface area contributed by atoms with Crippen LogP contribution in [0.5, 0.6) is 0 Å². The summed E-state index contributed by atoms with van der Waals surface area (Å²) in [6, 6.07) is 0.167. The Labute approximate surface area is 97.2 Å². The molecule has 0 unspecified atom stereocenters. The molecule has 2 aliphatic rings. The quantitative estimate of drug-likeness (QED) is 0.721. The molecule has 90 valence electrons. The van der Waals surface area contributed by atoms with Gasteiger partial charge in [0.2, 0.25) is 5.91 Å². The smallest absolute Gasteiger partial charge is 0.224 e. The lowest BCUT2D eigenvalue weighted by Crippen LogP contribution is -2.42. The van der Waals surface area contributed by atoms with Crippen LogP contribution in [0.25, 0.3) is 0 Å². The summed E-state index contributed by atoms with van der Waals surface area (Å²) in [5, 5.41) is 3.10. The molecule has 0 aromatic heterocycles. The average Bonchev–Trinajstić information content (AvgIpc) is 2.89. The predicted octanol–water partition coefficient (Wildman–Crippen LogP) is 1.74. The van der Waals surface area contributed by atoms with Crippen LogP contribution in [0, 0.1) is 17.8 Å². The maximum atomic E-state index is 12.1. The van der Waals surface area contributed by atoms with Gasteiger partial charge < -0.3 is 10.1 Å². The first-order chi connectivity index (χ1) is 7.74. The predicted molar refractivity (Wildman–Crippen MR) is 62.9 cm³/mol. The molecular weight excluding hydrogens is 202 g/mol. The van der Waals surface area contributed by atoms with E-state index in [0.717, 1.165) is 12.8 Å². The molecule has 1 saturated carbocycles. The van der Waals surface area contributed by atoms with Gasteiger partial charge in [0, 0.05) is 13.0 Å². The fourth-order valence-corrected chi connectivity index (χ4v) is 2.85. The lowest BCUT2D eigenvalue weighted by Gasteiger charge is -2.22. The fourth-order valence-electron chi connectivity index (χ4n) is 2.85. The van der Waals surface area contributed by atoms with E-state index in [2.05, 4.69) is 24.4 Å². The monoisotopic (exact) mass is 223 g/mol. The number of fused-ring (bicyclic) bond motifs is 2. The molecule has 1 N–H and O–H groups in total. The van der Waals surface area contributed by atoms with Gasteiger partial charge in [-0.1, -0.05) is 19.1 Å². The van der Waals surface area contributed by atoms with E-state index in [1.807, 2.05) is 0 Å². The fraction of sp³-hybridized carbons (Fsp3) is 0.769. The van der Waals surface area contributed by atoms with Crippen molar-refractivity contribution >= 4 is 5.91 Å². The molecule has 1 amide bonds. The zero-order chi connectivity index (χ0) is 11.5. The Kier molecular flexibility index (Phi) is 3.64. The molecule has 0 spiro atoms. The SMILES string of the molecule is CC[C@H](COC)NC(=O)[C@H]1C[C@H]2C=C[C@H]1C2. The summed E-state index contributed by atoms with van der Waals surface area (Å²) in [6.07, 6.45) is 7.63. The van der Waals surface area contributed by atoms with Crippen molar-refractivity contribution in [2.75, 3.05) is 13.7 Å². The number of allylic oxidation sites excluding steroid dienone is 2. The Bertz CT molecular complexity index is 288. The van der Waals surface area contributed by atoms with Gasteiger partial charge in [-0.25, -0.2) is 0 Å². The van der Waals surface area contributed by atoms with Crippen LogP contribution in [0.2, 0.25) is 0 Å². The average molecular weight is 223 g/mol. The highest BCUT2D eigenvalue weighted by molar-refractivity contribution is 5.80. The highest BCUT2D eigenvalue weighted by atomic mass is 16.5. The van der Waals surface area contributed by atoms with E-state index >= 15 is 0 Å². The van der Waals surface area contributed by atoms with E-state index in [-0.39, 0.29) is 17.9 Å². The van der Waals surface area contributed by atoms with Gasteiger partial charge >= 0.3 is 0 Å². The number of hydrogen-bond acceptors (Lipinski definition) is 2. The van der Waals surface area contributed by atoms with Crippen molar-refractivity contribution in [2.24, 2.45) is 17.8 Å². The highest BCUT2D eigenvalue weighted by Crippen LogP contribution is 2.43. The van der Waals surface area contributed by atoms with Crippen molar-refractivity contribution in [2.45, 2.75) is 32.2 Å². The summed E-state index contributed by atoms with van der Waals surface area (Å²) >= 11 is 0. The summed E-state index contributed by atoms with van der Waals surface area (Å²) in [7, 11) is 1.68. The number of nitrogens with one attached hydrogen (secondary N) is 1. The van der Waals surface area contributed by atoms with Gasteiger partial charge in [0.15, 0.2) is 0 Å². The molecule has 3 heteroatoms. The minimum atomic E-state index is 0.167. The van der Waals surface area contributed by atoms with E-state index in [0.29, 0.717) is 18.4 Å². The van der Waals surface area contributed by atoms with Crippen LogP contribution in [0.15, 0.2) is 12.2 Å². The first kappa shape index (κ1) is 11.6. The zero-order valence-electron chi connectivity index (χ0n) is 10.1. The molecular formula is C13H21NO2. The number of hydrogen-bond donors (Lipinski definition) is 1. The Morgan fingerprint density at radius 3 is 2.81 bits per heavy atom. The summed E-state index contributed by atoms with van der Waals surface area (Å²) in [5.41, 5.74) is 0. The molecule has 16 heavy (non-hydrogen) atoms. The Hall–Kier alpha value is -0.830. The van der Waals surface area contributed by atoms with Gasteiger partial charge in [-0.05, 0) is 31.1 Å². The van der Waals surface area contributed by atoms with E-state index in [1.54, 1.807) is 7.11 Å². The van der Waals surface area contributed by atoms with E-state index in [1.165, 1.54) is 6.42 Å². The first-order valence-electron chi connectivity index (χ1n) is 6.22. The van der Waals surface area contributed by atoms with Gasteiger partial charge in [-0.15, -0.1) is 0 Å². The Balaban J connectivity index is 1.86. The maximum absolute atomic E-state index is 12.1. The van der Waals surface area contributed by atoms with Crippen LogP contribution in [0.4, 0.5) is 0 Å². The van der Waals surface area contributed by atoms with Crippen LogP contribution in [0.1, 0.15) is 26.2 Å². The number of ether oxygens (including phenoxy) is 1. The van der Waals surface area contributed by atoms with Gasteiger partial charge in [0.1, 0.15) is 0 Å².